The van der Waals surface area contributed by atoms with E-state index in [1.165, 1.54) is 37.8 Å². The second kappa shape index (κ2) is 9.33. The van der Waals surface area contributed by atoms with Crippen LogP contribution in [0.25, 0.3) is 0 Å². The van der Waals surface area contributed by atoms with Gasteiger partial charge in [-0.1, -0.05) is 57.0 Å². The third kappa shape index (κ3) is 6.93. The van der Waals surface area contributed by atoms with Crippen molar-refractivity contribution in [3.63, 3.8) is 0 Å². The second-order valence-electron chi connectivity index (χ2n) is 5.15. The molecule has 0 aliphatic carbocycles. The van der Waals surface area contributed by atoms with Gasteiger partial charge in [-0.2, -0.15) is 0 Å². The van der Waals surface area contributed by atoms with Gasteiger partial charge in [0.05, 0.1) is 6.10 Å². The summed E-state index contributed by atoms with van der Waals surface area (Å²) < 4.78 is 13.5. The van der Waals surface area contributed by atoms with Crippen LogP contribution in [0.3, 0.4) is 0 Å². The van der Waals surface area contributed by atoms with Crippen LogP contribution in [-0.4, -0.2) is 11.2 Å². The maximum atomic E-state index is 13.5. The summed E-state index contributed by atoms with van der Waals surface area (Å²) in [5.41, 5.74) is 0.506. The van der Waals surface area contributed by atoms with Gasteiger partial charge in [0.2, 0.25) is 0 Å². The first kappa shape index (κ1) is 16.5. The summed E-state index contributed by atoms with van der Waals surface area (Å²) in [5.74, 6) is -0.286. The van der Waals surface area contributed by atoms with Gasteiger partial charge in [-0.05, 0) is 30.2 Å². The fourth-order valence-electron chi connectivity index (χ4n) is 2.22. The SMILES string of the molecule is CCCCCCCCC(O)Cc1cc(Cl)ccc1F. The molecule has 0 radical (unpaired) electrons. The van der Waals surface area contributed by atoms with Crippen molar-refractivity contribution < 1.29 is 9.50 Å². The lowest BCUT2D eigenvalue weighted by atomic mass is 10.0. The molecule has 0 bridgehead atoms. The van der Waals surface area contributed by atoms with Crippen LogP contribution in [0.1, 0.15) is 57.4 Å². The van der Waals surface area contributed by atoms with E-state index in [2.05, 4.69) is 6.92 Å². The highest BCUT2D eigenvalue weighted by atomic mass is 35.5. The Labute approximate surface area is 120 Å². The molecule has 1 rings (SSSR count). The van der Waals surface area contributed by atoms with Gasteiger partial charge in [0.1, 0.15) is 5.82 Å². The first-order valence-corrected chi connectivity index (χ1v) is 7.63. The average molecular weight is 287 g/mol. The standard InChI is InChI=1S/C16H24ClFO/c1-2-3-4-5-6-7-8-15(19)12-13-11-14(17)9-10-16(13)18/h9-11,15,19H,2-8,12H2,1H3. The highest BCUT2D eigenvalue weighted by molar-refractivity contribution is 6.30. The number of aliphatic hydroxyl groups excluding tert-OH is 1. The van der Waals surface area contributed by atoms with Crippen LogP contribution in [0.15, 0.2) is 18.2 Å². The monoisotopic (exact) mass is 286 g/mol. The van der Waals surface area contributed by atoms with Crippen LogP contribution < -0.4 is 0 Å². The summed E-state index contributed by atoms with van der Waals surface area (Å²) >= 11 is 5.83. The fourth-order valence-corrected chi connectivity index (χ4v) is 2.41. The Kier molecular flexibility index (Phi) is 8.08. The van der Waals surface area contributed by atoms with Crippen molar-refractivity contribution in [2.45, 2.75) is 64.4 Å². The average Bonchev–Trinajstić information content (AvgIpc) is 2.38. The molecule has 0 aromatic heterocycles. The lowest BCUT2D eigenvalue weighted by molar-refractivity contribution is 0.159. The molecule has 108 valence electrons. The number of hydrogen-bond donors (Lipinski definition) is 1. The number of rotatable bonds is 9. The summed E-state index contributed by atoms with van der Waals surface area (Å²) in [6, 6.07) is 4.48. The third-order valence-corrected chi connectivity index (χ3v) is 3.59. The van der Waals surface area contributed by atoms with E-state index in [1.54, 1.807) is 6.07 Å². The van der Waals surface area contributed by atoms with Crippen molar-refractivity contribution in [2.75, 3.05) is 0 Å². The Bertz CT molecular complexity index is 368. The van der Waals surface area contributed by atoms with Crippen LogP contribution in [0.4, 0.5) is 4.39 Å². The molecule has 0 amide bonds. The molecule has 1 N–H and O–H groups in total. The number of hydrogen-bond acceptors (Lipinski definition) is 1. The van der Waals surface area contributed by atoms with Crippen molar-refractivity contribution in [1.82, 2.24) is 0 Å². The van der Waals surface area contributed by atoms with Crippen LogP contribution in [0, 0.1) is 5.82 Å². The van der Waals surface area contributed by atoms with Crippen LogP contribution in [0.2, 0.25) is 5.02 Å². The van der Waals surface area contributed by atoms with Crippen LogP contribution in [0.5, 0.6) is 0 Å². The quantitative estimate of drug-likeness (QED) is 0.624. The van der Waals surface area contributed by atoms with Crippen molar-refractivity contribution in [1.29, 1.82) is 0 Å². The first-order valence-electron chi connectivity index (χ1n) is 7.25. The van der Waals surface area contributed by atoms with E-state index in [0.29, 0.717) is 17.0 Å². The van der Waals surface area contributed by atoms with E-state index in [9.17, 15) is 9.50 Å². The molecule has 0 spiro atoms. The molecule has 0 heterocycles. The largest absolute Gasteiger partial charge is 0.393 e. The summed E-state index contributed by atoms with van der Waals surface area (Å²) in [6.45, 7) is 2.20. The van der Waals surface area contributed by atoms with E-state index in [4.69, 9.17) is 11.6 Å². The molecule has 1 aromatic carbocycles. The summed E-state index contributed by atoms with van der Waals surface area (Å²) in [7, 11) is 0. The Hall–Kier alpha value is -0.600. The lowest BCUT2D eigenvalue weighted by Gasteiger charge is -2.11. The molecular formula is C16H24ClFO. The van der Waals surface area contributed by atoms with Gasteiger partial charge in [0.25, 0.3) is 0 Å². The van der Waals surface area contributed by atoms with E-state index in [0.717, 1.165) is 19.3 Å². The second-order valence-corrected chi connectivity index (χ2v) is 5.59. The molecule has 3 heteroatoms. The van der Waals surface area contributed by atoms with Gasteiger partial charge in [-0.3, -0.25) is 0 Å². The van der Waals surface area contributed by atoms with Crippen LogP contribution >= 0.6 is 11.6 Å². The minimum atomic E-state index is -0.473. The zero-order chi connectivity index (χ0) is 14.1. The molecule has 1 atom stereocenters. The van der Waals surface area contributed by atoms with Crippen molar-refractivity contribution in [2.24, 2.45) is 0 Å². The normalized spacial score (nSPS) is 12.6. The zero-order valence-corrected chi connectivity index (χ0v) is 12.4. The zero-order valence-electron chi connectivity index (χ0n) is 11.7. The number of halogens is 2. The molecule has 0 aliphatic rings. The minimum absolute atomic E-state index is 0.286. The molecule has 1 nitrogen and oxygen atoms in total. The van der Waals surface area contributed by atoms with Gasteiger partial charge in [-0.15, -0.1) is 0 Å². The lowest BCUT2D eigenvalue weighted by Crippen LogP contribution is -2.11. The Morgan fingerprint density at radius 1 is 1.16 bits per heavy atom. The molecular weight excluding hydrogens is 263 g/mol. The van der Waals surface area contributed by atoms with Gasteiger partial charge in [0, 0.05) is 11.4 Å². The van der Waals surface area contributed by atoms with Gasteiger partial charge in [0.15, 0.2) is 0 Å². The number of aliphatic hydroxyl groups is 1. The molecule has 0 aliphatic heterocycles. The molecule has 1 aromatic rings. The maximum absolute atomic E-state index is 13.5. The molecule has 19 heavy (non-hydrogen) atoms. The van der Waals surface area contributed by atoms with Crippen molar-refractivity contribution in [3.05, 3.63) is 34.6 Å². The summed E-state index contributed by atoms with van der Waals surface area (Å²) in [5, 5.41) is 10.4. The minimum Gasteiger partial charge on any atom is -0.393 e. The van der Waals surface area contributed by atoms with E-state index < -0.39 is 6.10 Å². The highest BCUT2D eigenvalue weighted by Gasteiger charge is 2.09. The highest BCUT2D eigenvalue weighted by Crippen LogP contribution is 2.18. The number of unbranched alkanes of at least 4 members (excludes halogenated alkanes) is 5. The van der Waals surface area contributed by atoms with Gasteiger partial charge in [-0.25, -0.2) is 4.39 Å². The van der Waals surface area contributed by atoms with Crippen molar-refractivity contribution in [3.8, 4) is 0 Å². The maximum Gasteiger partial charge on any atom is 0.126 e. The predicted molar refractivity (Wildman–Crippen MR) is 79.1 cm³/mol. The number of benzene rings is 1. The van der Waals surface area contributed by atoms with E-state index >= 15 is 0 Å². The topological polar surface area (TPSA) is 20.2 Å². The Morgan fingerprint density at radius 3 is 2.58 bits per heavy atom. The molecule has 0 fully saturated rings. The molecule has 0 saturated heterocycles. The predicted octanol–water partition coefficient (Wildman–Crippen LogP) is 5.13. The first-order chi connectivity index (χ1) is 9.13. The molecule has 0 saturated carbocycles. The van der Waals surface area contributed by atoms with Crippen molar-refractivity contribution >= 4 is 11.6 Å². The smallest absolute Gasteiger partial charge is 0.126 e. The molecule has 1 unspecified atom stereocenters. The van der Waals surface area contributed by atoms with E-state index in [1.807, 2.05) is 0 Å². The Balaban J connectivity index is 2.23. The fraction of sp³-hybridized carbons (Fsp3) is 0.625. The van der Waals surface area contributed by atoms with Crippen LogP contribution in [-0.2, 0) is 6.42 Å². The summed E-state index contributed by atoms with van der Waals surface area (Å²) in [4.78, 5) is 0. The Morgan fingerprint density at radius 2 is 1.84 bits per heavy atom. The van der Waals surface area contributed by atoms with Gasteiger partial charge >= 0.3 is 0 Å². The van der Waals surface area contributed by atoms with E-state index in [-0.39, 0.29) is 5.82 Å². The third-order valence-electron chi connectivity index (χ3n) is 3.35. The summed E-state index contributed by atoms with van der Waals surface area (Å²) in [6.07, 6.45) is 7.80. The van der Waals surface area contributed by atoms with Gasteiger partial charge < -0.3 is 5.11 Å².